The van der Waals surface area contributed by atoms with E-state index in [-0.39, 0.29) is 0 Å². The highest BCUT2D eigenvalue weighted by atomic mass is 79.9. The molecule has 4 heteroatoms. The number of thioether (sulfide) groups is 1. The summed E-state index contributed by atoms with van der Waals surface area (Å²) in [6, 6.07) is 5.98. The Kier molecular flexibility index (Phi) is 6.43. The van der Waals surface area contributed by atoms with E-state index in [9.17, 15) is 5.11 Å². The predicted octanol–water partition coefficient (Wildman–Crippen LogP) is 3.63. The Morgan fingerprint density at radius 3 is 2.88 bits per heavy atom. The van der Waals surface area contributed by atoms with Gasteiger partial charge in [0.2, 0.25) is 0 Å². The lowest BCUT2D eigenvalue weighted by Crippen LogP contribution is -1.96. The Morgan fingerprint density at radius 2 is 2.25 bits per heavy atom. The third-order valence-corrected chi connectivity index (χ3v) is 3.83. The fraction of sp³-hybridized carbons (Fsp3) is 0.500. The van der Waals surface area contributed by atoms with Gasteiger partial charge in [-0.05, 0) is 31.0 Å². The van der Waals surface area contributed by atoms with Gasteiger partial charge in [-0.3, -0.25) is 0 Å². The molecule has 1 unspecified atom stereocenters. The Labute approximate surface area is 110 Å². The minimum Gasteiger partial charge on any atom is -0.389 e. The standard InChI is InChI=1S/C12H17BrO2S/c1-9(14)11-5-4-10(13)8-12(11)16-7-3-6-15-2/h4-5,8-9,14H,3,6-7H2,1-2H3. The van der Waals surface area contributed by atoms with Gasteiger partial charge in [0.1, 0.15) is 0 Å². The zero-order valence-electron chi connectivity index (χ0n) is 9.57. The predicted molar refractivity (Wildman–Crippen MR) is 72.0 cm³/mol. The first kappa shape index (κ1) is 14.0. The molecule has 0 fully saturated rings. The third kappa shape index (κ3) is 4.45. The minimum absolute atomic E-state index is 0.418. The summed E-state index contributed by atoms with van der Waals surface area (Å²) >= 11 is 5.21. The van der Waals surface area contributed by atoms with Crippen LogP contribution in [-0.2, 0) is 4.74 Å². The molecule has 0 saturated carbocycles. The molecule has 1 atom stereocenters. The van der Waals surface area contributed by atoms with Crippen molar-refractivity contribution in [3.8, 4) is 0 Å². The summed E-state index contributed by atoms with van der Waals surface area (Å²) in [5.74, 6) is 1.00. The maximum absolute atomic E-state index is 9.64. The van der Waals surface area contributed by atoms with Crippen LogP contribution in [0, 0.1) is 0 Å². The monoisotopic (exact) mass is 304 g/mol. The van der Waals surface area contributed by atoms with Crippen molar-refractivity contribution in [3.05, 3.63) is 28.2 Å². The second-order valence-corrected chi connectivity index (χ2v) is 5.61. The first-order valence-corrected chi connectivity index (χ1v) is 7.02. The number of hydrogen-bond donors (Lipinski definition) is 1. The van der Waals surface area contributed by atoms with Gasteiger partial charge in [0.25, 0.3) is 0 Å². The lowest BCUT2D eigenvalue weighted by Gasteiger charge is -2.12. The highest BCUT2D eigenvalue weighted by molar-refractivity contribution is 9.10. The molecule has 1 aromatic rings. The largest absolute Gasteiger partial charge is 0.389 e. The molecular weight excluding hydrogens is 288 g/mol. The van der Waals surface area contributed by atoms with Crippen LogP contribution in [0.2, 0.25) is 0 Å². The number of rotatable bonds is 6. The Hall–Kier alpha value is -0.0300. The van der Waals surface area contributed by atoms with E-state index >= 15 is 0 Å². The fourth-order valence-corrected chi connectivity index (χ4v) is 2.97. The number of halogens is 1. The van der Waals surface area contributed by atoms with Gasteiger partial charge >= 0.3 is 0 Å². The maximum atomic E-state index is 9.64. The lowest BCUT2D eigenvalue weighted by molar-refractivity contribution is 0.196. The van der Waals surface area contributed by atoms with Gasteiger partial charge < -0.3 is 9.84 Å². The summed E-state index contributed by atoms with van der Waals surface area (Å²) in [7, 11) is 1.71. The highest BCUT2D eigenvalue weighted by Gasteiger charge is 2.08. The molecule has 0 aromatic heterocycles. The molecule has 0 aliphatic heterocycles. The van der Waals surface area contributed by atoms with Crippen LogP contribution in [0.4, 0.5) is 0 Å². The quantitative estimate of drug-likeness (QED) is 0.643. The first-order valence-electron chi connectivity index (χ1n) is 5.24. The van der Waals surface area contributed by atoms with E-state index in [2.05, 4.69) is 22.0 Å². The second kappa shape index (κ2) is 7.33. The molecular formula is C12H17BrO2S. The van der Waals surface area contributed by atoms with Crippen LogP contribution >= 0.6 is 27.7 Å². The van der Waals surface area contributed by atoms with Crippen LogP contribution in [0.25, 0.3) is 0 Å². The molecule has 0 heterocycles. The fourth-order valence-electron chi connectivity index (χ4n) is 1.36. The smallest absolute Gasteiger partial charge is 0.0772 e. The number of hydrogen-bond acceptors (Lipinski definition) is 3. The van der Waals surface area contributed by atoms with Gasteiger partial charge in [-0.15, -0.1) is 11.8 Å². The summed E-state index contributed by atoms with van der Waals surface area (Å²) in [6.07, 6.45) is 0.602. The summed E-state index contributed by atoms with van der Waals surface area (Å²) in [6.45, 7) is 2.58. The molecule has 0 aliphatic rings. The van der Waals surface area contributed by atoms with Crippen LogP contribution < -0.4 is 0 Å². The van der Waals surface area contributed by atoms with Gasteiger partial charge in [-0.2, -0.15) is 0 Å². The van der Waals surface area contributed by atoms with Gasteiger partial charge in [0, 0.05) is 28.8 Å². The third-order valence-electron chi connectivity index (χ3n) is 2.18. The van der Waals surface area contributed by atoms with Crippen LogP contribution in [0.1, 0.15) is 25.0 Å². The van der Waals surface area contributed by atoms with Crippen molar-refractivity contribution in [3.63, 3.8) is 0 Å². The van der Waals surface area contributed by atoms with Gasteiger partial charge in [0.15, 0.2) is 0 Å². The molecule has 1 N–H and O–H groups in total. The van der Waals surface area contributed by atoms with Crippen molar-refractivity contribution in [1.82, 2.24) is 0 Å². The summed E-state index contributed by atoms with van der Waals surface area (Å²) in [5, 5.41) is 9.64. The highest BCUT2D eigenvalue weighted by Crippen LogP contribution is 2.30. The molecule has 0 spiro atoms. The first-order chi connectivity index (χ1) is 7.65. The SMILES string of the molecule is COCCCSc1cc(Br)ccc1C(C)O. The van der Waals surface area contributed by atoms with E-state index in [0.29, 0.717) is 0 Å². The minimum atomic E-state index is -0.418. The topological polar surface area (TPSA) is 29.5 Å². The Morgan fingerprint density at radius 1 is 1.50 bits per heavy atom. The Bertz CT molecular complexity index is 329. The van der Waals surface area contributed by atoms with E-state index in [1.807, 2.05) is 12.1 Å². The molecule has 0 amide bonds. The normalized spacial score (nSPS) is 12.8. The van der Waals surface area contributed by atoms with E-state index in [4.69, 9.17) is 4.74 Å². The average Bonchev–Trinajstić information content (AvgIpc) is 2.24. The summed E-state index contributed by atoms with van der Waals surface area (Å²) < 4.78 is 6.06. The van der Waals surface area contributed by atoms with Crippen LogP contribution in [0.5, 0.6) is 0 Å². The van der Waals surface area contributed by atoms with Crippen molar-refractivity contribution in [2.45, 2.75) is 24.3 Å². The maximum Gasteiger partial charge on any atom is 0.0772 e. The van der Waals surface area contributed by atoms with Crippen LogP contribution in [-0.4, -0.2) is 24.6 Å². The van der Waals surface area contributed by atoms with Crippen molar-refractivity contribution in [1.29, 1.82) is 0 Å². The molecule has 0 aliphatic carbocycles. The van der Waals surface area contributed by atoms with Crippen molar-refractivity contribution in [2.75, 3.05) is 19.5 Å². The number of aliphatic hydroxyl groups excluding tert-OH is 1. The van der Waals surface area contributed by atoms with Gasteiger partial charge in [-0.1, -0.05) is 22.0 Å². The molecule has 1 rings (SSSR count). The Balaban J connectivity index is 2.65. The molecule has 0 bridgehead atoms. The van der Waals surface area contributed by atoms with Crippen LogP contribution in [0.15, 0.2) is 27.6 Å². The number of benzene rings is 1. The van der Waals surface area contributed by atoms with E-state index < -0.39 is 6.10 Å². The molecule has 1 aromatic carbocycles. The van der Waals surface area contributed by atoms with E-state index in [0.717, 1.165) is 33.7 Å². The van der Waals surface area contributed by atoms with Crippen molar-refractivity contribution in [2.24, 2.45) is 0 Å². The summed E-state index contributed by atoms with van der Waals surface area (Å²) in [4.78, 5) is 1.14. The number of ether oxygens (including phenoxy) is 1. The average molecular weight is 305 g/mol. The van der Waals surface area contributed by atoms with Gasteiger partial charge in [-0.25, -0.2) is 0 Å². The number of methoxy groups -OCH3 is 1. The lowest BCUT2D eigenvalue weighted by atomic mass is 10.1. The van der Waals surface area contributed by atoms with E-state index in [1.54, 1.807) is 25.8 Å². The molecule has 2 nitrogen and oxygen atoms in total. The molecule has 90 valence electrons. The van der Waals surface area contributed by atoms with Gasteiger partial charge in [0.05, 0.1) is 6.10 Å². The summed E-state index contributed by atoms with van der Waals surface area (Å²) in [5.41, 5.74) is 0.991. The molecule has 0 saturated heterocycles. The molecule has 16 heavy (non-hydrogen) atoms. The second-order valence-electron chi connectivity index (χ2n) is 3.55. The zero-order valence-corrected chi connectivity index (χ0v) is 12.0. The number of aliphatic hydroxyl groups is 1. The molecule has 0 radical (unpaired) electrons. The van der Waals surface area contributed by atoms with E-state index in [1.165, 1.54) is 0 Å². The van der Waals surface area contributed by atoms with Crippen molar-refractivity contribution < 1.29 is 9.84 Å². The zero-order chi connectivity index (χ0) is 12.0. The van der Waals surface area contributed by atoms with Crippen molar-refractivity contribution >= 4 is 27.7 Å². The van der Waals surface area contributed by atoms with Crippen LogP contribution in [0.3, 0.4) is 0 Å².